The van der Waals surface area contributed by atoms with Crippen LogP contribution in [0, 0.1) is 17.7 Å². The van der Waals surface area contributed by atoms with Gasteiger partial charge in [0.2, 0.25) is 0 Å². The van der Waals surface area contributed by atoms with E-state index in [-0.39, 0.29) is 5.88 Å². The van der Waals surface area contributed by atoms with Gasteiger partial charge < -0.3 is 4.74 Å². The largest absolute Gasteiger partial charge is 0.487 e. The summed E-state index contributed by atoms with van der Waals surface area (Å²) in [4.78, 5) is 0. The quantitative estimate of drug-likeness (QED) is 0.640. The second-order valence-electron chi connectivity index (χ2n) is 4.47. The highest BCUT2D eigenvalue weighted by Crippen LogP contribution is 2.17. The molecule has 21 heavy (non-hydrogen) atoms. The van der Waals surface area contributed by atoms with Gasteiger partial charge in [-0.3, -0.25) is 4.68 Å². The van der Waals surface area contributed by atoms with Crippen LogP contribution < -0.4 is 4.74 Å². The predicted molar refractivity (Wildman–Crippen MR) is 80.9 cm³/mol. The monoisotopic (exact) mass is 306 g/mol. The van der Waals surface area contributed by atoms with Crippen LogP contribution in [0.2, 0.25) is 0 Å². The Labute approximate surface area is 128 Å². The minimum atomic E-state index is -0.413. The maximum atomic E-state index is 13.8. The molecule has 0 N–H and O–H groups in total. The van der Waals surface area contributed by atoms with Crippen LogP contribution in [-0.2, 0) is 20.1 Å². The molecule has 0 spiro atoms. The molecule has 0 aliphatic carbocycles. The molecule has 0 amide bonds. The lowest BCUT2D eigenvalue weighted by atomic mass is 10.2. The second kappa shape index (κ2) is 7.14. The molecule has 0 aliphatic rings. The number of hydrogen-bond acceptors (Lipinski definition) is 2. The summed E-state index contributed by atoms with van der Waals surface area (Å²) in [7, 11) is 1.86. The molecule has 110 valence electrons. The highest BCUT2D eigenvalue weighted by atomic mass is 35.5. The van der Waals surface area contributed by atoms with E-state index in [0.717, 1.165) is 17.8 Å². The molecule has 0 bridgehead atoms. The first-order chi connectivity index (χ1) is 10.1. The van der Waals surface area contributed by atoms with Crippen LogP contribution in [0.3, 0.4) is 0 Å². The SMILES string of the molecule is CCc1cc(COc2ccc(C#CCCl)c(F)c2)n(C)n1. The van der Waals surface area contributed by atoms with Crippen LogP contribution in [0.5, 0.6) is 5.75 Å². The zero-order valence-electron chi connectivity index (χ0n) is 12.0. The molecule has 0 saturated carbocycles. The van der Waals surface area contributed by atoms with Crippen molar-refractivity contribution in [2.45, 2.75) is 20.0 Å². The van der Waals surface area contributed by atoms with Crippen molar-refractivity contribution < 1.29 is 9.13 Å². The van der Waals surface area contributed by atoms with Crippen molar-refractivity contribution in [1.29, 1.82) is 0 Å². The summed E-state index contributed by atoms with van der Waals surface area (Å²) in [6.45, 7) is 2.39. The minimum Gasteiger partial charge on any atom is -0.487 e. The molecule has 2 aromatic rings. The number of benzene rings is 1. The molecular formula is C16H16ClFN2O. The molecule has 0 fully saturated rings. The fourth-order valence-electron chi connectivity index (χ4n) is 1.85. The van der Waals surface area contributed by atoms with Gasteiger partial charge in [-0.1, -0.05) is 18.8 Å². The van der Waals surface area contributed by atoms with Gasteiger partial charge in [0.05, 0.1) is 22.8 Å². The van der Waals surface area contributed by atoms with Gasteiger partial charge in [0.1, 0.15) is 18.2 Å². The van der Waals surface area contributed by atoms with Gasteiger partial charge in [-0.05, 0) is 24.6 Å². The molecule has 1 aromatic heterocycles. The zero-order valence-corrected chi connectivity index (χ0v) is 12.7. The van der Waals surface area contributed by atoms with E-state index in [9.17, 15) is 4.39 Å². The summed E-state index contributed by atoms with van der Waals surface area (Å²) < 4.78 is 21.2. The molecule has 2 rings (SSSR count). The summed E-state index contributed by atoms with van der Waals surface area (Å²) in [5.74, 6) is 5.51. The third kappa shape index (κ3) is 3.99. The van der Waals surface area contributed by atoms with Crippen molar-refractivity contribution in [3.8, 4) is 17.6 Å². The topological polar surface area (TPSA) is 27.1 Å². The van der Waals surface area contributed by atoms with Crippen molar-refractivity contribution in [2.75, 3.05) is 5.88 Å². The van der Waals surface area contributed by atoms with Gasteiger partial charge in [-0.25, -0.2) is 4.39 Å². The summed E-state index contributed by atoms with van der Waals surface area (Å²) in [5.41, 5.74) is 2.27. The number of hydrogen-bond donors (Lipinski definition) is 0. The zero-order chi connectivity index (χ0) is 15.2. The van der Waals surface area contributed by atoms with E-state index in [1.807, 2.05) is 20.0 Å². The van der Waals surface area contributed by atoms with E-state index in [1.54, 1.807) is 16.8 Å². The molecule has 0 aliphatic heterocycles. The fourth-order valence-corrected chi connectivity index (χ4v) is 1.92. The first-order valence-electron chi connectivity index (χ1n) is 6.63. The summed E-state index contributed by atoms with van der Waals surface area (Å²) >= 11 is 5.45. The predicted octanol–water partition coefficient (Wildman–Crippen LogP) is 3.29. The van der Waals surface area contributed by atoms with E-state index in [1.165, 1.54) is 6.07 Å². The molecule has 1 aromatic carbocycles. The molecule has 0 radical (unpaired) electrons. The molecule has 0 saturated heterocycles. The Bertz CT molecular complexity index is 685. The smallest absolute Gasteiger partial charge is 0.142 e. The minimum absolute atomic E-state index is 0.179. The van der Waals surface area contributed by atoms with Gasteiger partial charge >= 0.3 is 0 Å². The summed E-state index contributed by atoms with van der Waals surface area (Å²) in [5, 5.41) is 4.34. The molecule has 0 unspecified atom stereocenters. The Hall–Kier alpha value is -1.99. The average molecular weight is 307 g/mol. The Kier molecular flexibility index (Phi) is 5.24. The Balaban J connectivity index is 2.06. The van der Waals surface area contributed by atoms with E-state index < -0.39 is 5.82 Å². The average Bonchev–Trinajstić information content (AvgIpc) is 2.84. The van der Waals surface area contributed by atoms with Crippen LogP contribution in [0.1, 0.15) is 23.9 Å². The number of aromatic nitrogens is 2. The van der Waals surface area contributed by atoms with Crippen molar-refractivity contribution in [2.24, 2.45) is 7.05 Å². The lowest BCUT2D eigenvalue weighted by Crippen LogP contribution is -2.03. The normalized spacial score (nSPS) is 10.1. The number of halogens is 2. The molecule has 1 heterocycles. The van der Waals surface area contributed by atoms with Crippen LogP contribution in [0.25, 0.3) is 0 Å². The Morgan fingerprint density at radius 1 is 1.38 bits per heavy atom. The lowest BCUT2D eigenvalue weighted by molar-refractivity contribution is 0.293. The number of nitrogens with zero attached hydrogens (tertiary/aromatic N) is 2. The third-order valence-corrected chi connectivity index (χ3v) is 3.14. The Morgan fingerprint density at radius 2 is 2.19 bits per heavy atom. The first-order valence-corrected chi connectivity index (χ1v) is 7.16. The number of rotatable bonds is 4. The van der Waals surface area contributed by atoms with E-state index in [4.69, 9.17) is 16.3 Å². The maximum Gasteiger partial charge on any atom is 0.142 e. The van der Waals surface area contributed by atoms with Crippen LogP contribution >= 0.6 is 11.6 Å². The van der Waals surface area contributed by atoms with Crippen LogP contribution in [0.15, 0.2) is 24.3 Å². The van der Waals surface area contributed by atoms with Gasteiger partial charge in [0.15, 0.2) is 0 Å². The van der Waals surface area contributed by atoms with Gasteiger partial charge in [0, 0.05) is 13.1 Å². The summed E-state index contributed by atoms with van der Waals surface area (Å²) in [6.07, 6.45) is 0.871. The third-order valence-electron chi connectivity index (χ3n) is 3.01. The van der Waals surface area contributed by atoms with Gasteiger partial charge in [0.25, 0.3) is 0 Å². The Morgan fingerprint density at radius 3 is 2.81 bits per heavy atom. The van der Waals surface area contributed by atoms with Gasteiger partial charge in [-0.15, -0.1) is 11.6 Å². The standard InChI is InChI=1S/C16H16ClFN2O/c1-3-13-9-14(20(2)19-13)11-21-15-7-6-12(5-4-8-17)16(18)10-15/h6-7,9-10H,3,8,11H2,1-2H3. The van der Waals surface area contributed by atoms with Crippen molar-refractivity contribution in [3.05, 3.63) is 47.0 Å². The number of alkyl halides is 1. The van der Waals surface area contributed by atoms with Crippen molar-refractivity contribution in [1.82, 2.24) is 9.78 Å². The second-order valence-corrected chi connectivity index (χ2v) is 4.74. The van der Waals surface area contributed by atoms with Crippen LogP contribution in [0.4, 0.5) is 4.39 Å². The van der Waals surface area contributed by atoms with E-state index >= 15 is 0 Å². The maximum absolute atomic E-state index is 13.8. The lowest BCUT2D eigenvalue weighted by Gasteiger charge is -2.07. The number of aryl methyl sites for hydroxylation is 2. The highest BCUT2D eigenvalue weighted by molar-refractivity contribution is 6.19. The van der Waals surface area contributed by atoms with Crippen LogP contribution in [-0.4, -0.2) is 15.7 Å². The van der Waals surface area contributed by atoms with E-state index in [2.05, 4.69) is 16.9 Å². The highest BCUT2D eigenvalue weighted by Gasteiger charge is 2.06. The fraction of sp³-hybridized carbons (Fsp3) is 0.312. The van der Waals surface area contributed by atoms with Gasteiger partial charge in [-0.2, -0.15) is 5.10 Å². The first kappa shape index (κ1) is 15.4. The molecule has 3 nitrogen and oxygen atoms in total. The van der Waals surface area contributed by atoms with Crippen molar-refractivity contribution in [3.63, 3.8) is 0 Å². The number of ether oxygens (including phenoxy) is 1. The van der Waals surface area contributed by atoms with E-state index in [0.29, 0.717) is 17.9 Å². The molecular weight excluding hydrogens is 291 g/mol. The molecule has 5 heteroatoms. The van der Waals surface area contributed by atoms with Crippen molar-refractivity contribution >= 4 is 11.6 Å². The summed E-state index contributed by atoms with van der Waals surface area (Å²) in [6, 6.07) is 6.59. The molecule has 0 atom stereocenters.